The van der Waals surface area contributed by atoms with Crippen LogP contribution >= 0.6 is 0 Å². The van der Waals surface area contributed by atoms with E-state index in [2.05, 4.69) is 18.7 Å². The van der Waals surface area contributed by atoms with Crippen LogP contribution in [0, 0.1) is 0 Å². The van der Waals surface area contributed by atoms with Crippen LogP contribution in [0.4, 0.5) is 0 Å². The minimum Gasteiger partial charge on any atom is -0.330 e. The van der Waals surface area contributed by atoms with E-state index in [-0.39, 0.29) is 0 Å². The Bertz CT molecular complexity index is 240. The first-order valence-corrected chi connectivity index (χ1v) is 3.79. The normalized spacial score (nSPS) is 9.55. The van der Waals surface area contributed by atoms with Gasteiger partial charge in [0, 0.05) is 0 Å². The maximum atomic E-state index is 5.45. The van der Waals surface area contributed by atoms with Crippen molar-refractivity contribution in [2.75, 3.05) is 6.54 Å². The lowest BCUT2D eigenvalue weighted by Gasteiger charge is -2.02. The number of hydrogen-bond acceptors (Lipinski definition) is 1. The molecule has 0 saturated heterocycles. The van der Waals surface area contributed by atoms with E-state index in [4.69, 9.17) is 5.73 Å². The lowest BCUT2D eigenvalue weighted by atomic mass is 10.1. The fraction of sp³-hybridized carbons (Fsp3) is 0.200. The summed E-state index contributed by atoms with van der Waals surface area (Å²) < 4.78 is 0. The summed E-state index contributed by atoms with van der Waals surface area (Å²) in [5, 5.41) is 0. The Morgan fingerprint density at radius 2 is 2.09 bits per heavy atom. The molecule has 0 aliphatic rings. The van der Waals surface area contributed by atoms with E-state index in [1.807, 2.05) is 18.2 Å². The monoisotopic (exact) mass is 147 g/mol. The van der Waals surface area contributed by atoms with Crippen molar-refractivity contribution in [3.63, 3.8) is 0 Å². The van der Waals surface area contributed by atoms with Crippen LogP contribution in [0.3, 0.4) is 0 Å². The van der Waals surface area contributed by atoms with Gasteiger partial charge in [0.05, 0.1) is 0 Å². The van der Waals surface area contributed by atoms with Crippen molar-refractivity contribution < 1.29 is 0 Å². The third kappa shape index (κ3) is 1.92. The van der Waals surface area contributed by atoms with Crippen molar-refractivity contribution >= 4 is 6.08 Å². The van der Waals surface area contributed by atoms with Gasteiger partial charge in [-0.2, -0.15) is 0 Å². The van der Waals surface area contributed by atoms with Gasteiger partial charge in [0.25, 0.3) is 0 Å². The molecular weight excluding hydrogens is 134 g/mol. The van der Waals surface area contributed by atoms with Crippen molar-refractivity contribution in [3.8, 4) is 0 Å². The highest BCUT2D eigenvalue weighted by atomic mass is 14.5. The first kappa shape index (κ1) is 8.02. The second-order valence-electron chi connectivity index (χ2n) is 2.44. The highest BCUT2D eigenvalue weighted by Crippen LogP contribution is 2.09. The Morgan fingerprint density at radius 1 is 1.36 bits per heavy atom. The van der Waals surface area contributed by atoms with Gasteiger partial charge in [-0.3, -0.25) is 0 Å². The summed E-state index contributed by atoms with van der Waals surface area (Å²) in [6.07, 6.45) is 2.80. The molecule has 0 radical (unpaired) electrons. The first-order valence-electron chi connectivity index (χ1n) is 3.79. The van der Waals surface area contributed by atoms with Crippen LogP contribution in [0.15, 0.2) is 30.8 Å². The molecule has 0 amide bonds. The predicted molar refractivity (Wildman–Crippen MR) is 49.3 cm³/mol. The molecule has 1 aromatic rings. The van der Waals surface area contributed by atoms with Crippen LogP contribution in [0.1, 0.15) is 11.1 Å². The van der Waals surface area contributed by atoms with Gasteiger partial charge in [0.2, 0.25) is 0 Å². The van der Waals surface area contributed by atoms with Crippen LogP contribution < -0.4 is 5.73 Å². The average molecular weight is 147 g/mol. The zero-order valence-electron chi connectivity index (χ0n) is 6.59. The van der Waals surface area contributed by atoms with Crippen LogP contribution in [-0.4, -0.2) is 6.54 Å². The van der Waals surface area contributed by atoms with Crippen LogP contribution in [-0.2, 0) is 6.42 Å². The van der Waals surface area contributed by atoms with Gasteiger partial charge in [-0.05, 0) is 24.1 Å². The topological polar surface area (TPSA) is 26.0 Å². The van der Waals surface area contributed by atoms with Crippen molar-refractivity contribution in [1.82, 2.24) is 0 Å². The summed E-state index contributed by atoms with van der Waals surface area (Å²) in [5.41, 5.74) is 7.92. The van der Waals surface area contributed by atoms with Gasteiger partial charge in [-0.15, -0.1) is 0 Å². The minimum atomic E-state index is 0.699. The second-order valence-corrected chi connectivity index (χ2v) is 2.44. The third-order valence-electron chi connectivity index (χ3n) is 1.69. The smallest absolute Gasteiger partial charge is 0.00365 e. The zero-order chi connectivity index (χ0) is 8.10. The van der Waals surface area contributed by atoms with E-state index in [0.717, 1.165) is 6.42 Å². The molecule has 1 nitrogen and oxygen atoms in total. The first-order chi connectivity index (χ1) is 5.38. The maximum absolute atomic E-state index is 5.45. The molecule has 0 heterocycles. The Kier molecular flexibility index (Phi) is 2.87. The Hall–Kier alpha value is -1.08. The van der Waals surface area contributed by atoms with Gasteiger partial charge in [-0.1, -0.05) is 36.9 Å². The van der Waals surface area contributed by atoms with E-state index in [1.165, 1.54) is 11.1 Å². The highest BCUT2D eigenvalue weighted by Gasteiger charge is 1.94. The van der Waals surface area contributed by atoms with Crippen molar-refractivity contribution in [2.24, 2.45) is 5.73 Å². The summed E-state index contributed by atoms with van der Waals surface area (Å²) in [6.45, 7) is 4.43. The molecule has 0 atom stereocenters. The standard InChI is InChI=1S/C10H13N/c1-2-9-5-3-4-6-10(9)7-8-11/h2-6H,1,7-8,11H2. The summed E-state index contributed by atoms with van der Waals surface area (Å²) >= 11 is 0. The fourth-order valence-corrected chi connectivity index (χ4v) is 1.12. The van der Waals surface area contributed by atoms with E-state index >= 15 is 0 Å². The van der Waals surface area contributed by atoms with Gasteiger partial charge < -0.3 is 5.73 Å². The van der Waals surface area contributed by atoms with Crippen molar-refractivity contribution in [2.45, 2.75) is 6.42 Å². The molecule has 1 rings (SSSR count). The largest absolute Gasteiger partial charge is 0.330 e. The SMILES string of the molecule is C=Cc1ccccc1CCN. The predicted octanol–water partition coefficient (Wildman–Crippen LogP) is 1.83. The van der Waals surface area contributed by atoms with Crippen molar-refractivity contribution in [3.05, 3.63) is 42.0 Å². The highest BCUT2D eigenvalue weighted by molar-refractivity contribution is 5.51. The molecule has 2 N–H and O–H groups in total. The molecule has 0 aliphatic heterocycles. The Labute approximate surface area is 67.5 Å². The summed E-state index contributed by atoms with van der Waals surface area (Å²) in [4.78, 5) is 0. The van der Waals surface area contributed by atoms with Gasteiger partial charge in [0.1, 0.15) is 0 Å². The Balaban J connectivity index is 2.92. The fourth-order valence-electron chi connectivity index (χ4n) is 1.12. The number of rotatable bonds is 3. The van der Waals surface area contributed by atoms with E-state index in [9.17, 15) is 0 Å². The quantitative estimate of drug-likeness (QED) is 0.693. The summed E-state index contributed by atoms with van der Waals surface area (Å²) in [7, 11) is 0. The zero-order valence-corrected chi connectivity index (χ0v) is 6.59. The van der Waals surface area contributed by atoms with Crippen LogP contribution in [0.5, 0.6) is 0 Å². The molecule has 0 spiro atoms. The van der Waals surface area contributed by atoms with Crippen LogP contribution in [0.25, 0.3) is 6.08 Å². The minimum absolute atomic E-state index is 0.699. The number of hydrogen-bond donors (Lipinski definition) is 1. The maximum Gasteiger partial charge on any atom is -0.00365 e. The summed E-state index contributed by atoms with van der Waals surface area (Å²) in [5.74, 6) is 0. The molecule has 0 unspecified atom stereocenters. The molecule has 0 bridgehead atoms. The second kappa shape index (κ2) is 3.94. The summed E-state index contributed by atoms with van der Waals surface area (Å²) in [6, 6.07) is 8.18. The molecule has 0 aromatic heterocycles. The van der Waals surface area contributed by atoms with E-state index < -0.39 is 0 Å². The van der Waals surface area contributed by atoms with Crippen molar-refractivity contribution in [1.29, 1.82) is 0 Å². The molecular formula is C10H13N. The van der Waals surface area contributed by atoms with Gasteiger partial charge >= 0.3 is 0 Å². The molecule has 1 heteroatoms. The number of nitrogens with two attached hydrogens (primary N) is 1. The average Bonchev–Trinajstić information content (AvgIpc) is 2.06. The molecule has 11 heavy (non-hydrogen) atoms. The van der Waals surface area contributed by atoms with Gasteiger partial charge in [-0.25, -0.2) is 0 Å². The molecule has 0 saturated carbocycles. The van der Waals surface area contributed by atoms with E-state index in [0.29, 0.717) is 6.54 Å². The molecule has 0 aliphatic carbocycles. The van der Waals surface area contributed by atoms with E-state index in [1.54, 1.807) is 0 Å². The number of benzene rings is 1. The lowest BCUT2D eigenvalue weighted by Crippen LogP contribution is -2.03. The van der Waals surface area contributed by atoms with Crippen LogP contribution in [0.2, 0.25) is 0 Å². The lowest BCUT2D eigenvalue weighted by molar-refractivity contribution is 0.966. The molecule has 58 valence electrons. The van der Waals surface area contributed by atoms with Gasteiger partial charge in [0.15, 0.2) is 0 Å². The Morgan fingerprint density at radius 3 is 2.73 bits per heavy atom. The molecule has 1 aromatic carbocycles. The molecule has 0 fully saturated rings. The third-order valence-corrected chi connectivity index (χ3v) is 1.69.